The Hall–Kier alpha value is -3.03. The summed E-state index contributed by atoms with van der Waals surface area (Å²) in [6.45, 7) is 3.91. The highest BCUT2D eigenvalue weighted by atomic mass is 19.4. The number of halogens is 3. The van der Waals surface area contributed by atoms with Crippen molar-refractivity contribution in [1.29, 1.82) is 0 Å². The first-order valence-corrected chi connectivity index (χ1v) is 8.73. The number of carbonyl (C=O) groups excluding carboxylic acids is 2. The molecule has 0 aliphatic carbocycles. The number of aryl methyl sites for hydroxylation is 1. The third-order valence-electron chi connectivity index (χ3n) is 4.07. The molecule has 0 aromatic heterocycles. The monoisotopic (exact) mass is 393 g/mol. The highest BCUT2D eigenvalue weighted by molar-refractivity contribution is 5.94. The molecule has 8 heteroatoms. The molecule has 1 atom stereocenters. The van der Waals surface area contributed by atoms with Gasteiger partial charge in [0.05, 0.1) is 11.6 Å². The zero-order valence-electron chi connectivity index (χ0n) is 15.6. The quantitative estimate of drug-likeness (QED) is 0.654. The molecule has 0 spiro atoms. The van der Waals surface area contributed by atoms with Crippen LogP contribution < -0.4 is 16.0 Å². The van der Waals surface area contributed by atoms with Crippen LogP contribution in [0.25, 0.3) is 0 Å². The number of nitrogens with one attached hydrogen (secondary N) is 3. The summed E-state index contributed by atoms with van der Waals surface area (Å²) in [5, 5.41) is 7.80. The molecule has 0 saturated heterocycles. The Bertz CT molecular complexity index is 820. The number of hydrogen-bond acceptors (Lipinski definition) is 2. The second-order valence-corrected chi connectivity index (χ2v) is 6.37. The van der Waals surface area contributed by atoms with E-state index in [0.717, 1.165) is 17.7 Å². The highest BCUT2D eigenvalue weighted by Crippen LogP contribution is 2.30. The molecule has 5 nitrogen and oxygen atoms in total. The fourth-order valence-electron chi connectivity index (χ4n) is 2.47. The summed E-state index contributed by atoms with van der Waals surface area (Å²) in [5.41, 5.74) is 1.15. The molecule has 3 N–H and O–H groups in total. The minimum atomic E-state index is -4.44. The minimum Gasteiger partial charge on any atom is -0.350 e. The van der Waals surface area contributed by atoms with E-state index in [1.54, 1.807) is 19.1 Å². The van der Waals surface area contributed by atoms with Gasteiger partial charge in [0.15, 0.2) is 0 Å². The first kappa shape index (κ1) is 21.3. The van der Waals surface area contributed by atoms with Gasteiger partial charge in [-0.05, 0) is 43.7 Å². The van der Waals surface area contributed by atoms with Crippen molar-refractivity contribution in [2.45, 2.75) is 26.1 Å². The average molecular weight is 393 g/mol. The van der Waals surface area contributed by atoms with Crippen LogP contribution in [0.4, 0.5) is 18.0 Å². The van der Waals surface area contributed by atoms with E-state index in [1.165, 1.54) is 12.1 Å². The molecule has 0 heterocycles. The highest BCUT2D eigenvalue weighted by Gasteiger charge is 2.30. The summed E-state index contributed by atoms with van der Waals surface area (Å²) in [6, 6.07) is 10.7. The van der Waals surface area contributed by atoms with Gasteiger partial charge in [-0.1, -0.05) is 29.8 Å². The lowest BCUT2D eigenvalue weighted by molar-refractivity contribution is -0.137. The van der Waals surface area contributed by atoms with Crippen LogP contribution in [0.1, 0.15) is 40.0 Å². The van der Waals surface area contributed by atoms with Gasteiger partial charge in [0.2, 0.25) is 0 Å². The number of amides is 3. The van der Waals surface area contributed by atoms with Crippen LogP contribution in [0.5, 0.6) is 0 Å². The Balaban J connectivity index is 1.76. The van der Waals surface area contributed by atoms with E-state index in [0.29, 0.717) is 11.1 Å². The van der Waals surface area contributed by atoms with Crippen molar-refractivity contribution < 1.29 is 22.8 Å². The number of carbonyl (C=O) groups is 2. The first-order valence-electron chi connectivity index (χ1n) is 8.73. The van der Waals surface area contributed by atoms with E-state index in [4.69, 9.17) is 0 Å². The largest absolute Gasteiger partial charge is 0.416 e. The maximum atomic E-state index is 12.8. The third-order valence-corrected chi connectivity index (χ3v) is 4.07. The van der Waals surface area contributed by atoms with Crippen LogP contribution in [0.15, 0.2) is 48.5 Å². The van der Waals surface area contributed by atoms with Crippen LogP contribution in [0.3, 0.4) is 0 Å². The summed E-state index contributed by atoms with van der Waals surface area (Å²) >= 11 is 0. The summed E-state index contributed by atoms with van der Waals surface area (Å²) < 4.78 is 38.3. The summed E-state index contributed by atoms with van der Waals surface area (Å²) in [7, 11) is 0. The van der Waals surface area contributed by atoms with E-state index in [1.807, 2.05) is 19.1 Å². The predicted molar refractivity (Wildman–Crippen MR) is 99.9 cm³/mol. The Morgan fingerprint density at radius 1 is 1.00 bits per heavy atom. The van der Waals surface area contributed by atoms with Crippen molar-refractivity contribution in [2.24, 2.45) is 0 Å². The molecule has 150 valence electrons. The van der Waals surface area contributed by atoms with Gasteiger partial charge in [0.25, 0.3) is 5.91 Å². The second-order valence-electron chi connectivity index (χ2n) is 6.37. The minimum absolute atomic E-state index is 0.179. The summed E-state index contributed by atoms with van der Waals surface area (Å²) in [6.07, 6.45) is -4.44. The van der Waals surface area contributed by atoms with Crippen molar-refractivity contribution in [3.8, 4) is 0 Å². The Morgan fingerprint density at radius 2 is 1.64 bits per heavy atom. The Morgan fingerprint density at radius 3 is 2.29 bits per heavy atom. The van der Waals surface area contributed by atoms with Gasteiger partial charge in [-0.2, -0.15) is 13.2 Å². The lowest BCUT2D eigenvalue weighted by Crippen LogP contribution is -2.41. The zero-order chi connectivity index (χ0) is 20.7. The van der Waals surface area contributed by atoms with Crippen molar-refractivity contribution in [3.63, 3.8) is 0 Å². The van der Waals surface area contributed by atoms with Gasteiger partial charge in [-0.15, -0.1) is 0 Å². The SMILES string of the molecule is Cc1ccc(C(=O)NCCNC(=O)NC(C)c2cccc(C(F)(F)F)c2)cc1. The van der Waals surface area contributed by atoms with Crippen LogP contribution in [0.2, 0.25) is 0 Å². The molecule has 28 heavy (non-hydrogen) atoms. The maximum absolute atomic E-state index is 12.8. The fourth-order valence-corrected chi connectivity index (χ4v) is 2.47. The standard InChI is InChI=1S/C20H22F3N3O2/c1-13-6-8-15(9-7-13)18(27)24-10-11-25-19(28)26-14(2)16-4-3-5-17(12-16)20(21,22)23/h3-9,12,14H,10-11H2,1-2H3,(H,24,27)(H2,25,26,28). The number of alkyl halides is 3. The molecule has 3 amide bonds. The molecule has 0 bridgehead atoms. The number of rotatable bonds is 6. The third kappa shape index (κ3) is 6.29. The molecular weight excluding hydrogens is 371 g/mol. The van der Waals surface area contributed by atoms with E-state index in [9.17, 15) is 22.8 Å². The molecule has 2 rings (SSSR count). The molecular formula is C20H22F3N3O2. The van der Waals surface area contributed by atoms with Gasteiger partial charge in [-0.25, -0.2) is 4.79 Å². The molecule has 0 aliphatic heterocycles. The average Bonchev–Trinajstić information content (AvgIpc) is 2.65. The van der Waals surface area contributed by atoms with E-state index in [2.05, 4.69) is 16.0 Å². The fraction of sp³-hybridized carbons (Fsp3) is 0.300. The lowest BCUT2D eigenvalue weighted by atomic mass is 10.1. The van der Waals surface area contributed by atoms with E-state index in [-0.39, 0.29) is 19.0 Å². The first-order chi connectivity index (χ1) is 13.2. The van der Waals surface area contributed by atoms with Crippen molar-refractivity contribution >= 4 is 11.9 Å². The summed E-state index contributed by atoms with van der Waals surface area (Å²) in [4.78, 5) is 23.8. The van der Waals surface area contributed by atoms with Crippen molar-refractivity contribution in [1.82, 2.24) is 16.0 Å². The van der Waals surface area contributed by atoms with E-state index < -0.39 is 23.8 Å². The van der Waals surface area contributed by atoms with Crippen molar-refractivity contribution in [2.75, 3.05) is 13.1 Å². The number of urea groups is 1. The lowest BCUT2D eigenvalue weighted by Gasteiger charge is -2.17. The molecule has 2 aromatic carbocycles. The normalized spacial score (nSPS) is 12.2. The molecule has 0 saturated carbocycles. The molecule has 0 aliphatic rings. The van der Waals surface area contributed by atoms with E-state index >= 15 is 0 Å². The molecule has 0 radical (unpaired) electrons. The molecule has 1 unspecified atom stereocenters. The van der Waals surface area contributed by atoms with Crippen molar-refractivity contribution in [3.05, 3.63) is 70.8 Å². The van der Waals surface area contributed by atoms with Gasteiger partial charge >= 0.3 is 12.2 Å². The topological polar surface area (TPSA) is 70.2 Å². The van der Waals surface area contributed by atoms with Gasteiger partial charge in [0, 0.05) is 18.7 Å². The van der Waals surface area contributed by atoms with Gasteiger partial charge < -0.3 is 16.0 Å². The Kier molecular flexibility index (Phi) is 7.03. The number of benzene rings is 2. The summed E-state index contributed by atoms with van der Waals surface area (Å²) in [5.74, 6) is -0.250. The van der Waals surface area contributed by atoms with Crippen LogP contribution in [-0.2, 0) is 6.18 Å². The molecule has 0 fully saturated rings. The second kappa shape index (κ2) is 9.25. The Labute approximate surface area is 161 Å². The predicted octanol–water partition coefficient (Wildman–Crippen LogP) is 3.80. The van der Waals surface area contributed by atoms with Crippen LogP contribution in [0, 0.1) is 6.92 Å². The number of hydrogen-bond donors (Lipinski definition) is 3. The van der Waals surface area contributed by atoms with Gasteiger partial charge in [-0.3, -0.25) is 4.79 Å². The smallest absolute Gasteiger partial charge is 0.350 e. The zero-order valence-corrected chi connectivity index (χ0v) is 15.6. The van der Waals surface area contributed by atoms with Crippen LogP contribution in [-0.4, -0.2) is 25.0 Å². The van der Waals surface area contributed by atoms with Crippen LogP contribution >= 0.6 is 0 Å². The maximum Gasteiger partial charge on any atom is 0.416 e. The van der Waals surface area contributed by atoms with Gasteiger partial charge in [0.1, 0.15) is 0 Å². The molecule has 2 aromatic rings.